The lowest BCUT2D eigenvalue weighted by Gasteiger charge is -2.14. The second-order valence-electron chi connectivity index (χ2n) is 6.11. The summed E-state index contributed by atoms with van der Waals surface area (Å²) < 4.78 is 22.6. The van der Waals surface area contributed by atoms with Gasteiger partial charge in [-0.05, 0) is 38.0 Å². The van der Waals surface area contributed by atoms with Crippen LogP contribution in [0.15, 0.2) is 24.7 Å². The van der Waals surface area contributed by atoms with Crippen molar-refractivity contribution in [3.05, 3.63) is 47.7 Å². The fraction of sp³-hybridized carbons (Fsp3) is 0.412. The highest BCUT2D eigenvalue weighted by atomic mass is 19.1. The third kappa shape index (κ3) is 3.57. The molecule has 0 unspecified atom stereocenters. The number of pyridine rings is 1. The Morgan fingerprint density at radius 3 is 3.04 bits per heavy atom. The Hall–Kier alpha value is -2.81. The molecule has 0 bridgehead atoms. The van der Waals surface area contributed by atoms with Crippen molar-refractivity contribution in [3.63, 3.8) is 0 Å². The molecule has 0 aliphatic heterocycles. The average Bonchev–Trinajstić information content (AvgIpc) is 3.20. The molecule has 138 valence electrons. The van der Waals surface area contributed by atoms with Crippen LogP contribution in [0.25, 0.3) is 5.65 Å². The highest BCUT2D eigenvalue weighted by molar-refractivity contribution is 5.93. The van der Waals surface area contributed by atoms with Crippen LogP contribution in [0.3, 0.4) is 0 Å². The molecule has 0 radical (unpaired) electrons. The van der Waals surface area contributed by atoms with Crippen molar-refractivity contribution in [2.45, 2.75) is 32.9 Å². The summed E-state index contributed by atoms with van der Waals surface area (Å²) in [5, 5.41) is 10.7. The van der Waals surface area contributed by atoms with Gasteiger partial charge in [-0.2, -0.15) is 4.39 Å². The summed E-state index contributed by atoms with van der Waals surface area (Å²) in [5.41, 5.74) is 1.09. The summed E-state index contributed by atoms with van der Waals surface area (Å²) in [6, 6.07) is 3.03. The molecule has 0 saturated carbocycles. The first-order valence-corrected chi connectivity index (χ1v) is 8.33. The second kappa shape index (κ2) is 7.61. The number of rotatable bonds is 7. The van der Waals surface area contributed by atoms with E-state index in [1.54, 1.807) is 38.7 Å². The van der Waals surface area contributed by atoms with E-state index in [9.17, 15) is 9.18 Å². The summed E-state index contributed by atoms with van der Waals surface area (Å²) >= 11 is 0. The molecule has 0 saturated heterocycles. The minimum Gasteiger partial charge on any atom is -0.385 e. The number of amides is 1. The number of carbonyl (C=O) groups is 1. The van der Waals surface area contributed by atoms with E-state index in [2.05, 4.69) is 20.5 Å². The van der Waals surface area contributed by atoms with E-state index in [4.69, 9.17) is 4.74 Å². The fourth-order valence-corrected chi connectivity index (χ4v) is 2.74. The zero-order chi connectivity index (χ0) is 18.7. The third-order valence-corrected chi connectivity index (χ3v) is 4.07. The van der Waals surface area contributed by atoms with Crippen molar-refractivity contribution in [1.29, 1.82) is 0 Å². The fourth-order valence-electron chi connectivity index (χ4n) is 2.74. The Balaban J connectivity index is 1.76. The highest BCUT2D eigenvalue weighted by Crippen LogP contribution is 2.15. The number of carbonyl (C=O) groups excluding carboxylic acids is 1. The number of fused-ring (bicyclic) bond motifs is 1. The van der Waals surface area contributed by atoms with Crippen molar-refractivity contribution in [1.82, 2.24) is 29.5 Å². The minimum absolute atomic E-state index is 0.243. The third-order valence-electron chi connectivity index (χ3n) is 4.07. The Morgan fingerprint density at radius 2 is 2.27 bits per heavy atom. The largest absolute Gasteiger partial charge is 0.385 e. The van der Waals surface area contributed by atoms with Gasteiger partial charge in [0, 0.05) is 26.5 Å². The number of ether oxygens (including phenoxy) is 1. The predicted octanol–water partition coefficient (Wildman–Crippen LogP) is 1.90. The SMILES string of the molecule is COCCCn1cnnc1[C@@H](C)NC(=O)c1nc2cc(C)ccn2c1F. The molecule has 0 aliphatic rings. The maximum absolute atomic E-state index is 14.5. The van der Waals surface area contributed by atoms with Crippen molar-refractivity contribution in [3.8, 4) is 0 Å². The lowest BCUT2D eigenvalue weighted by molar-refractivity contribution is 0.0928. The molecule has 1 amide bonds. The Morgan fingerprint density at radius 1 is 1.46 bits per heavy atom. The van der Waals surface area contributed by atoms with Gasteiger partial charge < -0.3 is 14.6 Å². The standard InChI is InChI=1S/C17H21FN6O2/c1-11-5-7-24-13(9-11)21-14(15(24)18)17(25)20-12(2)16-22-19-10-23(16)6-4-8-26-3/h5,7,9-10,12H,4,6,8H2,1-3H3,(H,20,25)/t12-/m1/s1. The van der Waals surface area contributed by atoms with Crippen LogP contribution in [0.2, 0.25) is 0 Å². The van der Waals surface area contributed by atoms with Gasteiger partial charge in [0.2, 0.25) is 5.95 Å². The van der Waals surface area contributed by atoms with E-state index in [-0.39, 0.29) is 5.69 Å². The first kappa shape index (κ1) is 18.0. The summed E-state index contributed by atoms with van der Waals surface area (Å²) in [7, 11) is 1.64. The van der Waals surface area contributed by atoms with Gasteiger partial charge in [0.1, 0.15) is 12.0 Å². The normalized spacial score (nSPS) is 12.5. The van der Waals surface area contributed by atoms with Gasteiger partial charge in [0.05, 0.1) is 6.04 Å². The molecule has 1 N–H and O–H groups in total. The van der Waals surface area contributed by atoms with Gasteiger partial charge in [0.25, 0.3) is 5.91 Å². The molecular formula is C17H21FN6O2. The number of aromatic nitrogens is 5. The van der Waals surface area contributed by atoms with Crippen LogP contribution in [0.5, 0.6) is 0 Å². The summed E-state index contributed by atoms with van der Waals surface area (Å²) in [6.45, 7) is 4.93. The molecule has 1 atom stereocenters. The number of nitrogens with one attached hydrogen (secondary N) is 1. The van der Waals surface area contributed by atoms with E-state index < -0.39 is 17.9 Å². The van der Waals surface area contributed by atoms with Crippen LogP contribution in [-0.2, 0) is 11.3 Å². The molecule has 9 heteroatoms. The average molecular weight is 360 g/mol. The minimum atomic E-state index is -0.689. The van der Waals surface area contributed by atoms with Crippen LogP contribution in [-0.4, -0.2) is 43.8 Å². The van der Waals surface area contributed by atoms with Crippen molar-refractivity contribution >= 4 is 11.6 Å². The number of hydrogen-bond donors (Lipinski definition) is 1. The molecule has 0 aromatic carbocycles. The molecule has 0 fully saturated rings. The zero-order valence-electron chi connectivity index (χ0n) is 14.9. The number of methoxy groups -OCH3 is 1. The van der Waals surface area contributed by atoms with Crippen molar-refractivity contribution in [2.24, 2.45) is 0 Å². The van der Waals surface area contributed by atoms with Gasteiger partial charge in [-0.1, -0.05) is 0 Å². The second-order valence-corrected chi connectivity index (χ2v) is 6.11. The molecule has 3 heterocycles. The van der Waals surface area contributed by atoms with E-state index in [1.165, 1.54) is 4.40 Å². The maximum Gasteiger partial charge on any atom is 0.275 e. The molecule has 8 nitrogen and oxygen atoms in total. The zero-order valence-corrected chi connectivity index (χ0v) is 14.9. The summed E-state index contributed by atoms with van der Waals surface area (Å²) in [4.78, 5) is 16.6. The quantitative estimate of drug-likeness (QED) is 0.651. The molecule has 0 spiro atoms. The molecular weight excluding hydrogens is 339 g/mol. The number of nitrogens with zero attached hydrogens (tertiary/aromatic N) is 5. The van der Waals surface area contributed by atoms with Crippen LogP contribution in [0.1, 0.15) is 41.3 Å². The molecule has 3 rings (SSSR count). The molecule has 3 aromatic heterocycles. The first-order valence-electron chi connectivity index (χ1n) is 8.33. The van der Waals surface area contributed by atoms with E-state index in [0.29, 0.717) is 24.6 Å². The summed E-state index contributed by atoms with van der Waals surface area (Å²) in [5.74, 6) is -0.691. The lowest BCUT2D eigenvalue weighted by Crippen LogP contribution is -2.29. The van der Waals surface area contributed by atoms with E-state index in [0.717, 1.165) is 12.0 Å². The van der Waals surface area contributed by atoms with E-state index in [1.807, 2.05) is 11.5 Å². The molecule has 3 aromatic rings. The number of halogens is 1. The van der Waals surface area contributed by atoms with E-state index >= 15 is 0 Å². The Kier molecular flexibility index (Phi) is 5.27. The Bertz CT molecular complexity index is 919. The summed E-state index contributed by atoms with van der Waals surface area (Å²) in [6.07, 6.45) is 3.95. The van der Waals surface area contributed by atoms with Gasteiger partial charge in [0.15, 0.2) is 11.5 Å². The number of imidazole rings is 1. The predicted molar refractivity (Wildman–Crippen MR) is 92.3 cm³/mol. The van der Waals surface area contributed by atoms with Gasteiger partial charge in [-0.15, -0.1) is 10.2 Å². The highest BCUT2D eigenvalue weighted by Gasteiger charge is 2.23. The van der Waals surface area contributed by atoms with Crippen LogP contribution in [0, 0.1) is 12.9 Å². The van der Waals surface area contributed by atoms with Crippen molar-refractivity contribution < 1.29 is 13.9 Å². The maximum atomic E-state index is 14.5. The monoisotopic (exact) mass is 360 g/mol. The van der Waals surface area contributed by atoms with Gasteiger partial charge in [-0.25, -0.2) is 4.98 Å². The van der Waals surface area contributed by atoms with Crippen molar-refractivity contribution in [2.75, 3.05) is 13.7 Å². The first-order chi connectivity index (χ1) is 12.5. The number of aryl methyl sites for hydroxylation is 2. The van der Waals surface area contributed by atoms with Crippen LogP contribution < -0.4 is 5.32 Å². The Labute approximate surface area is 150 Å². The topological polar surface area (TPSA) is 86.3 Å². The van der Waals surface area contributed by atoms with Gasteiger partial charge in [-0.3, -0.25) is 9.20 Å². The smallest absolute Gasteiger partial charge is 0.275 e. The van der Waals surface area contributed by atoms with Crippen LogP contribution >= 0.6 is 0 Å². The lowest BCUT2D eigenvalue weighted by atomic mass is 10.3. The number of hydrogen-bond acceptors (Lipinski definition) is 5. The molecule has 26 heavy (non-hydrogen) atoms. The molecule has 0 aliphatic carbocycles. The van der Waals surface area contributed by atoms with Crippen LogP contribution in [0.4, 0.5) is 4.39 Å². The van der Waals surface area contributed by atoms with Gasteiger partial charge >= 0.3 is 0 Å².